The quantitative estimate of drug-likeness (QED) is 0.566. The van der Waals surface area contributed by atoms with E-state index in [4.69, 9.17) is 9.97 Å². The van der Waals surface area contributed by atoms with Gasteiger partial charge in [-0.15, -0.1) is 0 Å². The van der Waals surface area contributed by atoms with Gasteiger partial charge in [-0.3, -0.25) is 4.90 Å². The minimum absolute atomic E-state index is 0.866. The third kappa shape index (κ3) is 2.47. The van der Waals surface area contributed by atoms with Crippen LogP contribution in [-0.4, -0.2) is 57.6 Å². The van der Waals surface area contributed by atoms with Crippen molar-refractivity contribution < 1.29 is 0 Å². The second-order valence-electron chi connectivity index (χ2n) is 6.89. The van der Waals surface area contributed by atoms with Crippen LogP contribution in [0.4, 0.5) is 0 Å². The third-order valence-electron chi connectivity index (χ3n) is 5.20. The summed E-state index contributed by atoms with van der Waals surface area (Å²) in [5.74, 6) is 0. The molecule has 0 amide bonds. The van der Waals surface area contributed by atoms with E-state index in [0.717, 1.165) is 55.0 Å². The van der Waals surface area contributed by atoms with Gasteiger partial charge in [-0.2, -0.15) is 0 Å². The lowest BCUT2D eigenvalue weighted by Crippen LogP contribution is -2.44. The number of piperazine rings is 1. The highest BCUT2D eigenvalue weighted by Gasteiger charge is 2.18. The summed E-state index contributed by atoms with van der Waals surface area (Å²) < 4.78 is 2.33. The molecule has 1 fully saturated rings. The fourth-order valence-corrected chi connectivity index (χ4v) is 3.72. The molecule has 1 aliphatic heterocycles. The highest BCUT2D eigenvalue weighted by Crippen LogP contribution is 2.28. The number of rotatable bonds is 2. The average molecular weight is 331 g/mol. The molecule has 25 heavy (non-hydrogen) atoms. The largest absolute Gasteiger partial charge is 0.310 e. The Morgan fingerprint density at radius 1 is 0.840 bits per heavy atom. The molecule has 0 saturated carbocycles. The van der Waals surface area contributed by atoms with E-state index in [1.807, 2.05) is 24.3 Å². The minimum Gasteiger partial charge on any atom is -0.310 e. The van der Waals surface area contributed by atoms with E-state index in [2.05, 4.69) is 45.7 Å². The smallest absolute Gasteiger partial charge is 0.161 e. The molecule has 0 radical (unpaired) electrons. The van der Waals surface area contributed by atoms with E-state index in [-0.39, 0.29) is 0 Å². The van der Waals surface area contributed by atoms with Gasteiger partial charge in [-0.25, -0.2) is 9.97 Å². The highest BCUT2D eigenvalue weighted by molar-refractivity contribution is 6.06. The van der Waals surface area contributed by atoms with Gasteiger partial charge in [-0.1, -0.05) is 30.3 Å². The van der Waals surface area contributed by atoms with Crippen LogP contribution in [0.1, 0.15) is 0 Å². The summed E-state index contributed by atoms with van der Waals surface area (Å²) in [5, 5.41) is 1.19. The number of aromatic nitrogens is 3. The van der Waals surface area contributed by atoms with Crippen molar-refractivity contribution in [1.82, 2.24) is 24.3 Å². The van der Waals surface area contributed by atoms with Crippen LogP contribution in [0.15, 0.2) is 48.5 Å². The van der Waals surface area contributed by atoms with Gasteiger partial charge in [0.2, 0.25) is 0 Å². The van der Waals surface area contributed by atoms with Crippen molar-refractivity contribution in [2.75, 3.05) is 33.2 Å². The van der Waals surface area contributed by atoms with E-state index in [1.54, 1.807) is 0 Å². The molecule has 0 spiro atoms. The van der Waals surface area contributed by atoms with Gasteiger partial charge in [0.25, 0.3) is 0 Å². The lowest BCUT2D eigenvalue weighted by Gasteiger charge is -2.32. The summed E-state index contributed by atoms with van der Waals surface area (Å²) in [6.07, 6.45) is 0. The molecular formula is C20H21N5. The molecule has 0 atom stereocenters. The van der Waals surface area contributed by atoms with Crippen molar-refractivity contribution in [3.8, 4) is 0 Å². The summed E-state index contributed by atoms with van der Waals surface area (Å²) in [6, 6.07) is 16.6. The molecule has 3 heterocycles. The third-order valence-corrected chi connectivity index (χ3v) is 5.20. The van der Waals surface area contributed by atoms with Crippen molar-refractivity contribution in [1.29, 1.82) is 0 Å². The van der Waals surface area contributed by atoms with E-state index in [1.165, 1.54) is 10.9 Å². The first-order chi connectivity index (χ1) is 12.3. The molecule has 126 valence electrons. The normalized spacial score (nSPS) is 17.0. The summed E-state index contributed by atoms with van der Waals surface area (Å²) >= 11 is 0. The highest BCUT2D eigenvalue weighted by atomic mass is 15.3. The number of hydrogen-bond acceptors (Lipinski definition) is 4. The standard InChI is InChI=1S/C20H21N5/c1-23-10-12-24(13-11-23)14-25-18-9-5-2-6-15(18)19-20(25)22-17-8-4-3-7-16(17)21-19/h2-9H,10-14H2,1H3. The van der Waals surface area contributed by atoms with Gasteiger partial charge in [0, 0.05) is 31.6 Å². The molecular weight excluding hydrogens is 310 g/mol. The molecule has 1 saturated heterocycles. The average Bonchev–Trinajstić information content (AvgIpc) is 2.95. The Balaban J connectivity index is 1.70. The molecule has 2 aromatic heterocycles. The van der Waals surface area contributed by atoms with Gasteiger partial charge >= 0.3 is 0 Å². The van der Waals surface area contributed by atoms with Crippen molar-refractivity contribution >= 4 is 33.1 Å². The summed E-state index contributed by atoms with van der Waals surface area (Å²) in [5.41, 5.74) is 5.11. The van der Waals surface area contributed by atoms with Crippen LogP contribution in [0.3, 0.4) is 0 Å². The first-order valence-corrected chi connectivity index (χ1v) is 8.84. The Morgan fingerprint density at radius 3 is 2.32 bits per heavy atom. The van der Waals surface area contributed by atoms with Gasteiger partial charge < -0.3 is 9.47 Å². The number of benzene rings is 2. The van der Waals surface area contributed by atoms with Crippen LogP contribution in [0.2, 0.25) is 0 Å². The molecule has 5 rings (SSSR count). The second kappa shape index (κ2) is 5.79. The fourth-order valence-electron chi connectivity index (χ4n) is 3.72. The van der Waals surface area contributed by atoms with Crippen molar-refractivity contribution in [2.24, 2.45) is 0 Å². The maximum absolute atomic E-state index is 4.96. The minimum atomic E-state index is 0.866. The Labute approximate surface area is 146 Å². The number of para-hydroxylation sites is 3. The molecule has 0 bridgehead atoms. The molecule has 4 aromatic rings. The van der Waals surface area contributed by atoms with Crippen LogP contribution >= 0.6 is 0 Å². The lowest BCUT2D eigenvalue weighted by molar-refractivity contribution is 0.128. The zero-order valence-electron chi connectivity index (χ0n) is 14.4. The first kappa shape index (κ1) is 14.8. The number of fused-ring (bicyclic) bond motifs is 4. The zero-order valence-corrected chi connectivity index (χ0v) is 14.4. The Morgan fingerprint density at radius 2 is 1.52 bits per heavy atom. The van der Waals surface area contributed by atoms with Crippen molar-refractivity contribution in [3.63, 3.8) is 0 Å². The Bertz CT molecular complexity index is 1060. The van der Waals surface area contributed by atoms with Gasteiger partial charge in [0.15, 0.2) is 5.65 Å². The summed E-state index contributed by atoms with van der Waals surface area (Å²) in [4.78, 5) is 14.8. The van der Waals surface area contributed by atoms with Crippen molar-refractivity contribution in [2.45, 2.75) is 6.67 Å². The maximum Gasteiger partial charge on any atom is 0.161 e. The van der Waals surface area contributed by atoms with Gasteiger partial charge in [0.1, 0.15) is 5.52 Å². The van der Waals surface area contributed by atoms with Gasteiger partial charge in [-0.05, 0) is 25.2 Å². The van der Waals surface area contributed by atoms with E-state index < -0.39 is 0 Å². The van der Waals surface area contributed by atoms with E-state index in [0.29, 0.717) is 0 Å². The Kier molecular flexibility index (Phi) is 3.43. The van der Waals surface area contributed by atoms with E-state index >= 15 is 0 Å². The second-order valence-corrected chi connectivity index (χ2v) is 6.89. The number of likely N-dealkylation sites (N-methyl/N-ethyl adjacent to an activating group) is 1. The van der Waals surface area contributed by atoms with Crippen LogP contribution in [0.25, 0.3) is 33.1 Å². The van der Waals surface area contributed by atoms with Crippen LogP contribution in [0.5, 0.6) is 0 Å². The maximum atomic E-state index is 4.96. The topological polar surface area (TPSA) is 37.2 Å². The SMILES string of the molecule is CN1CCN(Cn2c3ccccc3c3nc4ccccc4nc32)CC1. The molecule has 2 aromatic carbocycles. The number of nitrogens with zero attached hydrogens (tertiary/aromatic N) is 5. The molecule has 1 aliphatic rings. The Hall–Kier alpha value is -2.50. The molecule has 5 heteroatoms. The predicted octanol–water partition coefficient (Wildman–Crippen LogP) is 2.94. The first-order valence-electron chi connectivity index (χ1n) is 8.84. The molecule has 5 nitrogen and oxygen atoms in total. The summed E-state index contributed by atoms with van der Waals surface area (Å²) in [7, 11) is 2.19. The lowest BCUT2D eigenvalue weighted by atomic mass is 10.2. The van der Waals surface area contributed by atoms with Crippen LogP contribution in [-0.2, 0) is 6.67 Å². The molecule has 0 aliphatic carbocycles. The van der Waals surface area contributed by atoms with Crippen LogP contribution < -0.4 is 0 Å². The predicted molar refractivity (Wildman–Crippen MR) is 102 cm³/mol. The fraction of sp³-hybridized carbons (Fsp3) is 0.300. The number of hydrogen-bond donors (Lipinski definition) is 0. The van der Waals surface area contributed by atoms with Crippen LogP contribution in [0, 0.1) is 0 Å². The zero-order chi connectivity index (χ0) is 16.8. The summed E-state index contributed by atoms with van der Waals surface area (Å²) in [6.45, 7) is 5.28. The molecule has 0 N–H and O–H groups in total. The van der Waals surface area contributed by atoms with Gasteiger partial charge in [0.05, 0.1) is 23.2 Å². The van der Waals surface area contributed by atoms with Crippen molar-refractivity contribution in [3.05, 3.63) is 48.5 Å². The molecule has 0 unspecified atom stereocenters. The van der Waals surface area contributed by atoms with E-state index in [9.17, 15) is 0 Å². The monoisotopic (exact) mass is 331 g/mol.